The van der Waals surface area contributed by atoms with Crippen molar-refractivity contribution < 1.29 is 4.79 Å². The molecule has 2 aromatic carbocycles. The maximum atomic E-state index is 12.4. The predicted octanol–water partition coefficient (Wildman–Crippen LogP) is 5.17. The highest BCUT2D eigenvalue weighted by Crippen LogP contribution is 2.36. The van der Waals surface area contributed by atoms with Gasteiger partial charge in [0.25, 0.3) is 5.91 Å². The molecule has 0 aliphatic carbocycles. The number of hydrogen-bond acceptors (Lipinski definition) is 2. The normalized spacial score (nSPS) is 12.2. The standard InChI is InChI=1S/C16H13Br3IN3OS/c17-16(18,19)14(22-13(24)10-4-2-1-3-5-10)23-15(25)21-12-8-6-11(20)7-9-12/h1-9,14H,(H,22,24)(H2,21,23,25)/t14-/m1/s1. The Hall–Kier alpha value is -0.230. The first-order chi connectivity index (χ1) is 11.8. The van der Waals surface area contributed by atoms with E-state index in [0.29, 0.717) is 10.7 Å². The molecule has 0 aromatic heterocycles. The average molecular weight is 662 g/mol. The summed E-state index contributed by atoms with van der Waals surface area (Å²) in [5.41, 5.74) is 1.41. The van der Waals surface area contributed by atoms with Gasteiger partial charge in [0.15, 0.2) is 7.26 Å². The molecule has 0 radical (unpaired) electrons. The van der Waals surface area contributed by atoms with Crippen LogP contribution in [0.2, 0.25) is 0 Å². The Labute approximate surface area is 190 Å². The molecule has 132 valence electrons. The number of alkyl halides is 3. The quantitative estimate of drug-likeness (QED) is 0.183. The van der Waals surface area contributed by atoms with Crippen LogP contribution in [0.15, 0.2) is 54.6 Å². The largest absolute Gasteiger partial charge is 0.340 e. The van der Waals surface area contributed by atoms with E-state index in [9.17, 15) is 4.79 Å². The molecule has 2 aromatic rings. The van der Waals surface area contributed by atoms with Crippen LogP contribution in [0.25, 0.3) is 0 Å². The Morgan fingerprint density at radius 3 is 2.16 bits per heavy atom. The third kappa shape index (κ3) is 7.12. The Kier molecular flexibility index (Phi) is 8.12. The van der Waals surface area contributed by atoms with Gasteiger partial charge in [-0.05, 0) is 71.2 Å². The van der Waals surface area contributed by atoms with Crippen LogP contribution in [0.5, 0.6) is 0 Å². The van der Waals surface area contributed by atoms with Crippen molar-refractivity contribution >= 4 is 99.3 Å². The van der Waals surface area contributed by atoms with E-state index < -0.39 is 8.31 Å². The van der Waals surface area contributed by atoms with Gasteiger partial charge in [0.1, 0.15) is 6.17 Å². The average Bonchev–Trinajstić information content (AvgIpc) is 2.56. The molecular weight excluding hydrogens is 649 g/mol. The van der Waals surface area contributed by atoms with Gasteiger partial charge in [0.05, 0.1) is 0 Å². The number of hydrogen-bond donors (Lipinski definition) is 3. The van der Waals surface area contributed by atoms with Gasteiger partial charge in [-0.1, -0.05) is 66.0 Å². The zero-order chi connectivity index (χ0) is 18.4. The lowest BCUT2D eigenvalue weighted by molar-refractivity contribution is 0.0936. The molecule has 0 unspecified atom stereocenters. The van der Waals surface area contributed by atoms with E-state index in [1.165, 1.54) is 0 Å². The number of thiocarbonyl (C=S) groups is 1. The van der Waals surface area contributed by atoms with Gasteiger partial charge in [0.2, 0.25) is 0 Å². The van der Waals surface area contributed by atoms with E-state index in [4.69, 9.17) is 12.2 Å². The molecule has 0 bridgehead atoms. The predicted molar refractivity (Wildman–Crippen MR) is 126 cm³/mol. The number of rotatable bonds is 4. The molecule has 0 saturated heterocycles. The molecule has 1 amide bonds. The van der Waals surface area contributed by atoms with Gasteiger partial charge >= 0.3 is 0 Å². The van der Waals surface area contributed by atoms with E-state index in [-0.39, 0.29) is 5.91 Å². The molecule has 4 nitrogen and oxygen atoms in total. The summed E-state index contributed by atoms with van der Waals surface area (Å²) in [5, 5.41) is 9.41. The summed E-state index contributed by atoms with van der Waals surface area (Å²) in [7, 11) is 0. The highest BCUT2D eigenvalue weighted by Gasteiger charge is 2.33. The lowest BCUT2D eigenvalue weighted by Gasteiger charge is -2.28. The molecule has 9 heteroatoms. The number of benzene rings is 2. The van der Waals surface area contributed by atoms with Crippen LogP contribution in [0.1, 0.15) is 10.4 Å². The first kappa shape index (κ1) is 21.1. The summed E-state index contributed by atoms with van der Waals surface area (Å²) in [4.78, 5) is 12.4. The van der Waals surface area contributed by atoms with E-state index >= 15 is 0 Å². The second kappa shape index (κ2) is 9.63. The summed E-state index contributed by atoms with van der Waals surface area (Å²) in [6, 6.07) is 16.8. The van der Waals surface area contributed by atoms with Crippen LogP contribution < -0.4 is 16.0 Å². The number of carbonyl (C=O) groups excluding carboxylic acids is 1. The van der Waals surface area contributed by atoms with Crippen molar-refractivity contribution in [2.24, 2.45) is 0 Å². The van der Waals surface area contributed by atoms with Crippen LogP contribution >= 0.6 is 82.6 Å². The lowest BCUT2D eigenvalue weighted by Crippen LogP contribution is -2.55. The molecule has 0 aliphatic heterocycles. The zero-order valence-electron chi connectivity index (χ0n) is 12.6. The molecule has 3 N–H and O–H groups in total. The van der Waals surface area contributed by atoms with Crippen molar-refractivity contribution in [2.45, 2.75) is 8.31 Å². The van der Waals surface area contributed by atoms with Crippen LogP contribution in [0.3, 0.4) is 0 Å². The highest BCUT2D eigenvalue weighted by molar-refractivity contribution is 14.1. The van der Waals surface area contributed by atoms with Crippen LogP contribution in [-0.4, -0.2) is 19.3 Å². The Morgan fingerprint density at radius 2 is 1.60 bits per heavy atom. The number of carbonyl (C=O) groups is 1. The monoisotopic (exact) mass is 659 g/mol. The minimum Gasteiger partial charge on any atom is -0.340 e. The van der Waals surface area contributed by atoms with Gasteiger partial charge in [-0.3, -0.25) is 4.79 Å². The SMILES string of the molecule is O=C(N[C@H](NC(=S)Nc1ccc(I)cc1)C(Br)(Br)Br)c1ccccc1. The smallest absolute Gasteiger partial charge is 0.252 e. The van der Waals surface area contributed by atoms with Crippen LogP contribution in [-0.2, 0) is 0 Å². The summed E-state index contributed by atoms with van der Waals surface area (Å²) in [6.07, 6.45) is -0.566. The molecule has 25 heavy (non-hydrogen) atoms. The van der Waals surface area contributed by atoms with Gasteiger partial charge in [-0.25, -0.2) is 0 Å². The zero-order valence-corrected chi connectivity index (χ0v) is 20.3. The molecule has 0 saturated carbocycles. The van der Waals surface area contributed by atoms with Crippen molar-refractivity contribution in [1.82, 2.24) is 10.6 Å². The minimum absolute atomic E-state index is 0.224. The summed E-state index contributed by atoms with van der Waals surface area (Å²) in [5.74, 6) is -0.224. The topological polar surface area (TPSA) is 53.2 Å². The van der Waals surface area contributed by atoms with Crippen molar-refractivity contribution in [3.63, 3.8) is 0 Å². The summed E-state index contributed by atoms with van der Waals surface area (Å²) >= 11 is 17.9. The Balaban J connectivity index is 2.03. The fraction of sp³-hybridized carbons (Fsp3) is 0.125. The lowest BCUT2D eigenvalue weighted by atomic mass is 10.2. The van der Waals surface area contributed by atoms with Gasteiger partial charge in [-0.2, -0.15) is 0 Å². The number of halogens is 4. The Morgan fingerprint density at radius 1 is 1.00 bits per heavy atom. The van der Waals surface area contributed by atoms with Crippen LogP contribution in [0, 0.1) is 3.57 Å². The first-order valence-electron chi connectivity index (χ1n) is 7.01. The van der Waals surface area contributed by atoms with Crippen molar-refractivity contribution in [1.29, 1.82) is 0 Å². The Bertz CT molecular complexity index is 739. The van der Waals surface area contributed by atoms with Gasteiger partial charge < -0.3 is 16.0 Å². The maximum absolute atomic E-state index is 12.4. The fourth-order valence-corrected chi connectivity index (χ4v) is 3.12. The minimum atomic E-state index is -0.782. The number of anilines is 1. The summed E-state index contributed by atoms with van der Waals surface area (Å²) < 4.78 is 0.352. The third-order valence-electron chi connectivity index (χ3n) is 3.02. The number of nitrogens with one attached hydrogen (secondary N) is 3. The molecule has 0 heterocycles. The van der Waals surface area contributed by atoms with E-state index in [0.717, 1.165) is 9.26 Å². The second-order valence-electron chi connectivity index (χ2n) is 4.92. The van der Waals surface area contributed by atoms with Crippen molar-refractivity contribution in [3.05, 3.63) is 63.7 Å². The fourth-order valence-electron chi connectivity index (χ4n) is 1.84. The van der Waals surface area contributed by atoms with Crippen molar-refractivity contribution in [2.75, 3.05) is 5.32 Å². The molecular formula is C16H13Br3IN3OS. The molecule has 0 spiro atoms. The second-order valence-corrected chi connectivity index (χ2v) is 13.5. The number of amides is 1. The highest BCUT2D eigenvalue weighted by atomic mass is 127. The van der Waals surface area contributed by atoms with Crippen molar-refractivity contribution in [3.8, 4) is 0 Å². The molecule has 2 rings (SSSR count). The van der Waals surface area contributed by atoms with E-state index in [2.05, 4.69) is 86.3 Å². The summed E-state index contributed by atoms with van der Waals surface area (Å²) in [6.45, 7) is 0. The molecule has 0 fully saturated rings. The van der Waals surface area contributed by atoms with Gasteiger partial charge in [0, 0.05) is 14.8 Å². The molecule has 0 aliphatic rings. The first-order valence-corrected chi connectivity index (χ1v) is 10.9. The molecule has 1 atom stereocenters. The van der Waals surface area contributed by atoms with Crippen LogP contribution in [0.4, 0.5) is 5.69 Å². The third-order valence-corrected chi connectivity index (χ3v) is 5.33. The van der Waals surface area contributed by atoms with E-state index in [1.807, 2.05) is 42.5 Å². The van der Waals surface area contributed by atoms with E-state index in [1.54, 1.807) is 12.1 Å². The maximum Gasteiger partial charge on any atom is 0.252 e. The van der Waals surface area contributed by atoms with Gasteiger partial charge in [-0.15, -0.1) is 0 Å².